The number of methoxy groups -OCH3 is 1. The van der Waals surface area contributed by atoms with Crippen LogP contribution in [0.3, 0.4) is 0 Å². The molecule has 1 aromatic carbocycles. The first kappa shape index (κ1) is 19.6. The molecule has 9 heteroatoms. The molecule has 9 nitrogen and oxygen atoms in total. The number of nitrogens with two attached hydrogens (primary N) is 1. The van der Waals surface area contributed by atoms with Gasteiger partial charge in [0.15, 0.2) is 11.5 Å². The summed E-state index contributed by atoms with van der Waals surface area (Å²) < 4.78 is 11.9. The summed E-state index contributed by atoms with van der Waals surface area (Å²) in [6, 6.07) is 7.87. The fraction of sp³-hybridized carbons (Fsp3) is 0.368. The maximum atomic E-state index is 12.4. The average molecular weight is 385 g/mol. The number of nitrogens with zero attached hydrogens (tertiary/aromatic N) is 3. The number of anilines is 1. The van der Waals surface area contributed by atoms with Crippen molar-refractivity contribution in [3.63, 3.8) is 0 Å². The van der Waals surface area contributed by atoms with Crippen LogP contribution >= 0.6 is 0 Å². The predicted molar refractivity (Wildman–Crippen MR) is 104 cm³/mol. The van der Waals surface area contributed by atoms with Gasteiger partial charge in [-0.2, -0.15) is 9.97 Å². The van der Waals surface area contributed by atoms with E-state index in [9.17, 15) is 9.59 Å². The second-order valence-corrected chi connectivity index (χ2v) is 6.47. The van der Waals surface area contributed by atoms with Gasteiger partial charge in [0.2, 0.25) is 0 Å². The van der Waals surface area contributed by atoms with E-state index in [2.05, 4.69) is 15.0 Å². The normalized spacial score (nSPS) is 11.1. The summed E-state index contributed by atoms with van der Waals surface area (Å²) in [5.74, 6) is 0.308. The number of aromatic nitrogens is 4. The van der Waals surface area contributed by atoms with E-state index in [4.69, 9.17) is 15.2 Å². The molecule has 0 amide bonds. The van der Waals surface area contributed by atoms with E-state index in [0.29, 0.717) is 37.2 Å². The quantitative estimate of drug-likeness (QED) is 0.532. The lowest BCUT2D eigenvalue weighted by Crippen LogP contribution is -2.18. The number of ether oxygens (including phenoxy) is 2. The number of imidazole rings is 1. The van der Waals surface area contributed by atoms with Crippen LogP contribution in [-0.2, 0) is 22.5 Å². The number of aromatic amines is 1. The van der Waals surface area contributed by atoms with Gasteiger partial charge in [0.05, 0.1) is 13.2 Å². The van der Waals surface area contributed by atoms with E-state index in [1.54, 1.807) is 14.0 Å². The molecule has 0 radical (unpaired) electrons. The average Bonchev–Trinajstić information content (AvgIpc) is 2.98. The highest BCUT2D eigenvalue weighted by molar-refractivity contribution is 5.82. The van der Waals surface area contributed by atoms with Crippen LogP contribution in [0.15, 0.2) is 29.1 Å². The smallest absolute Gasteiger partial charge is 0.328 e. The second-order valence-electron chi connectivity index (χ2n) is 6.47. The fourth-order valence-electron chi connectivity index (χ4n) is 2.77. The first-order valence-corrected chi connectivity index (χ1v) is 8.93. The zero-order valence-corrected chi connectivity index (χ0v) is 15.9. The lowest BCUT2D eigenvalue weighted by Gasteiger charge is -2.07. The number of ketones is 1. The van der Waals surface area contributed by atoms with Crippen molar-refractivity contribution >= 4 is 22.8 Å². The third-order valence-electron chi connectivity index (χ3n) is 4.28. The largest absolute Gasteiger partial charge is 0.461 e. The monoisotopic (exact) mass is 385 g/mol. The van der Waals surface area contributed by atoms with E-state index in [0.717, 1.165) is 11.1 Å². The molecule has 0 unspecified atom stereocenters. The number of H-pyrrole nitrogens is 1. The van der Waals surface area contributed by atoms with Crippen molar-refractivity contribution in [3.8, 4) is 6.01 Å². The molecular formula is C19H23N5O4. The zero-order chi connectivity index (χ0) is 20.1. The maximum absolute atomic E-state index is 12.4. The Morgan fingerprint density at radius 1 is 1.18 bits per heavy atom. The first-order valence-electron chi connectivity index (χ1n) is 8.93. The Kier molecular flexibility index (Phi) is 6.05. The van der Waals surface area contributed by atoms with Gasteiger partial charge >= 0.3 is 11.7 Å². The molecule has 148 valence electrons. The Bertz CT molecular complexity index is 1020. The standard InChI is InChI=1S/C19H23N5O4/c1-12(25)3-4-13-5-7-14(8-6-13)11-24-17-15(21-19(24)26)16(20)22-18(23-17)28-10-9-27-2/h5-8H,3-4,9-11H2,1-2H3,(H,21,26)(H2,20,22,23). The summed E-state index contributed by atoms with van der Waals surface area (Å²) in [5.41, 5.74) is 8.37. The van der Waals surface area contributed by atoms with Crippen molar-refractivity contribution < 1.29 is 14.3 Å². The van der Waals surface area contributed by atoms with Crippen LogP contribution in [0.25, 0.3) is 11.2 Å². The van der Waals surface area contributed by atoms with Gasteiger partial charge in [-0.25, -0.2) is 4.79 Å². The molecule has 3 N–H and O–H groups in total. The van der Waals surface area contributed by atoms with Crippen LogP contribution in [-0.4, -0.2) is 45.6 Å². The van der Waals surface area contributed by atoms with Gasteiger partial charge in [-0.15, -0.1) is 0 Å². The molecule has 0 saturated heterocycles. The summed E-state index contributed by atoms with van der Waals surface area (Å²) in [6.07, 6.45) is 1.22. The van der Waals surface area contributed by atoms with Gasteiger partial charge in [0, 0.05) is 13.5 Å². The minimum absolute atomic E-state index is 0.0920. The van der Waals surface area contributed by atoms with E-state index in [1.807, 2.05) is 24.3 Å². The highest BCUT2D eigenvalue weighted by Crippen LogP contribution is 2.18. The Labute approximate surface area is 161 Å². The number of hydrogen-bond acceptors (Lipinski definition) is 7. The summed E-state index contributed by atoms with van der Waals surface area (Å²) in [7, 11) is 1.57. The highest BCUT2D eigenvalue weighted by atomic mass is 16.5. The topological polar surface area (TPSA) is 125 Å². The summed E-state index contributed by atoms with van der Waals surface area (Å²) >= 11 is 0. The van der Waals surface area contributed by atoms with Crippen LogP contribution in [0.5, 0.6) is 6.01 Å². The Morgan fingerprint density at radius 3 is 2.57 bits per heavy atom. The molecule has 3 rings (SSSR count). The third kappa shape index (κ3) is 4.55. The minimum Gasteiger partial charge on any atom is -0.461 e. The van der Waals surface area contributed by atoms with Gasteiger partial charge < -0.3 is 25.0 Å². The lowest BCUT2D eigenvalue weighted by atomic mass is 10.1. The van der Waals surface area contributed by atoms with Gasteiger partial charge in [-0.05, 0) is 24.5 Å². The maximum Gasteiger partial charge on any atom is 0.328 e. The number of rotatable bonds is 9. The molecular weight excluding hydrogens is 362 g/mol. The van der Waals surface area contributed by atoms with Crippen LogP contribution in [0.1, 0.15) is 24.5 Å². The van der Waals surface area contributed by atoms with Crippen molar-refractivity contribution in [1.29, 1.82) is 0 Å². The third-order valence-corrected chi connectivity index (χ3v) is 4.28. The molecule has 3 aromatic rings. The van der Waals surface area contributed by atoms with E-state index in [-0.39, 0.29) is 29.9 Å². The Morgan fingerprint density at radius 2 is 1.89 bits per heavy atom. The van der Waals surface area contributed by atoms with Crippen molar-refractivity contribution in [2.75, 3.05) is 26.1 Å². The SMILES string of the molecule is COCCOc1nc(N)c2[nH]c(=O)n(Cc3ccc(CCC(C)=O)cc3)c2n1. The van der Waals surface area contributed by atoms with E-state index >= 15 is 0 Å². The number of nitrogen functional groups attached to an aromatic ring is 1. The molecule has 0 aliphatic heterocycles. The number of nitrogens with one attached hydrogen (secondary N) is 1. The molecule has 0 bridgehead atoms. The van der Waals surface area contributed by atoms with Crippen molar-refractivity contribution in [2.24, 2.45) is 0 Å². The van der Waals surface area contributed by atoms with Crippen LogP contribution in [0.2, 0.25) is 0 Å². The summed E-state index contributed by atoms with van der Waals surface area (Å²) in [5, 5.41) is 0. The van der Waals surface area contributed by atoms with Crippen molar-refractivity contribution in [3.05, 3.63) is 45.9 Å². The first-order chi connectivity index (χ1) is 13.5. The van der Waals surface area contributed by atoms with Crippen LogP contribution in [0, 0.1) is 0 Å². The van der Waals surface area contributed by atoms with Crippen LogP contribution < -0.4 is 16.2 Å². The number of aryl methyl sites for hydroxylation is 1. The number of benzene rings is 1. The van der Waals surface area contributed by atoms with Gasteiger partial charge in [-0.3, -0.25) is 4.57 Å². The van der Waals surface area contributed by atoms with Crippen molar-refractivity contribution in [2.45, 2.75) is 26.3 Å². The number of fused-ring (bicyclic) bond motifs is 1. The highest BCUT2D eigenvalue weighted by Gasteiger charge is 2.15. The van der Waals surface area contributed by atoms with Crippen LogP contribution in [0.4, 0.5) is 5.82 Å². The van der Waals surface area contributed by atoms with Crippen molar-refractivity contribution in [1.82, 2.24) is 19.5 Å². The molecule has 0 aliphatic rings. The second kappa shape index (κ2) is 8.66. The molecule has 2 aromatic heterocycles. The lowest BCUT2D eigenvalue weighted by molar-refractivity contribution is -0.116. The summed E-state index contributed by atoms with van der Waals surface area (Å²) in [4.78, 5) is 34.6. The predicted octanol–water partition coefficient (Wildman–Crippen LogP) is 1.30. The molecule has 0 saturated carbocycles. The molecule has 0 atom stereocenters. The Hall–Kier alpha value is -3.20. The Balaban J connectivity index is 1.84. The van der Waals surface area contributed by atoms with E-state index < -0.39 is 0 Å². The summed E-state index contributed by atoms with van der Waals surface area (Å²) in [6.45, 7) is 2.56. The number of carbonyl (C=O) groups excluding carboxylic acids is 1. The number of carbonyl (C=O) groups is 1. The minimum atomic E-state index is -0.328. The number of Topliss-reactive ketones (excluding diaryl/α,β-unsaturated/α-hetero) is 1. The van der Waals surface area contributed by atoms with Gasteiger partial charge in [0.1, 0.15) is 17.9 Å². The van der Waals surface area contributed by atoms with Gasteiger partial charge in [-0.1, -0.05) is 24.3 Å². The molecule has 2 heterocycles. The fourth-order valence-corrected chi connectivity index (χ4v) is 2.77. The molecule has 28 heavy (non-hydrogen) atoms. The molecule has 0 aliphatic carbocycles. The number of hydrogen-bond donors (Lipinski definition) is 2. The molecule has 0 fully saturated rings. The molecule has 0 spiro atoms. The van der Waals surface area contributed by atoms with E-state index in [1.165, 1.54) is 4.57 Å². The van der Waals surface area contributed by atoms with Gasteiger partial charge in [0.25, 0.3) is 0 Å². The zero-order valence-electron chi connectivity index (χ0n) is 15.9.